The Morgan fingerprint density at radius 3 is 2.47 bits per heavy atom. The average Bonchev–Trinajstić information content (AvgIpc) is 2.65. The standard InChI is InChI=1S/C12H15N7/c1-7-5-10(16-8(2)15-7)19-11(14)9(6-13)12(17-19)18(3)4/h5H,14H2,1-4H3. The number of anilines is 2. The Labute approximate surface area is 111 Å². The SMILES string of the molecule is Cc1cc(-n2nc(N(C)C)c(C#N)c2N)nc(C)n1. The molecule has 2 aromatic rings. The van der Waals surface area contributed by atoms with Crippen LogP contribution in [0.3, 0.4) is 0 Å². The molecule has 0 spiro atoms. The van der Waals surface area contributed by atoms with Gasteiger partial charge in [-0.3, -0.25) is 0 Å². The second-order valence-corrected chi connectivity index (χ2v) is 4.42. The smallest absolute Gasteiger partial charge is 0.170 e. The van der Waals surface area contributed by atoms with Gasteiger partial charge in [-0.15, -0.1) is 5.10 Å². The molecule has 2 heterocycles. The van der Waals surface area contributed by atoms with Crippen LogP contribution < -0.4 is 10.6 Å². The molecule has 2 rings (SSSR count). The van der Waals surface area contributed by atoms with E-state index in [4.69, 9.17) is 5.73 Å². The molecule has 0 saturated heterocycles. The molecule has 0 fully saturated rings. The van der Waals surface area contributed by atoms with Crippen molar-refractivity contribution in [2.45, 2.75) is 13.8 Å². The fraction of sp³-hybridized carbons (Fsp3) is 0.333. The number of hydrogen-bond donors (Lipinski definition) is 1. The number of nitrogens with two attached hydrogens (primary N) is 1. The molecular weight excluding hydrogens is 242 g/mol. The molecule has 0 aromatic carbocycles. The minimum Gasteiger partial charge on any atom is -0.382 e. The van der Waals surface area contributed by atoms with Gasteiger partial charge in [0.25, 0.3) is 0 Å². The lowest BCUT2D eigenvalue weighted by Gasteiger charge is -2.07. The molecule has 98 valence electrons. The maximum Gasteiger partial charge on any atom is 0.170 e. The van der Waals surface area contributed by atoms with Gasteiger partial charge in [0.05, 0.1) is 0 Å². The first kappa shape index (κ1) is 12.8. The maximum absolute atomic E-state index is 9.17. The van der Waals surface area contributed by atoms with E-state index in [1.165, 1.54) is 4.68 Å². The zero-order valence-electron chi connectivity index (χ0n) is 11.3. The first-order valence-electron chi connectivity index (χ1n) is 5.72. The summed E-state index contributed by atoms with van der Waals surface area (Å²) in [6.07, 6.45) is 0. The molecule has 7 nitrogen and oxygen atoms in total. The zero-order chi connectivity index (χ0) is 14.2. The number of aromatic nitrogens is 4. The Kier molecular flexibility index (Phi) is 3.09. The monoisotopic (exact) mass is 257 g/mol. The predicted octanol–water partition coefficient (Wildman–Crippen LogP) is 0.799. The molecule has 7 heteroatoms. The van der Waals surface area contributed by atoms with Crippen LogP contribution in [-0.2, 0) is 0 Å². The van der Waals surface area contributed by atoms with Gasteiger partial charge in [0.1, 0.15) is 23.3 Å². The first-order valence-corrected chi connectivity index (χ1v) is 5.72. The average molecular weight is 257 g/mol. The van der Waals surface area contributed by atoms with Crippen LogP contribution in [0.4, 0.5) is 11.6 Å². The summed E-state index contributed by atoms with van der Waals surface area (Å²) in [6, 6.07) is 3.85. The quantitative estimate of drug-likeness (QED) is 0.854. The Bertz CT molecular complexity index is 643. The van der Waals surface area contributed by atoms with Crippen molar-refractivity contribution in [3.63, 3.8) is 0 Å². The Morgan fingerprint density at radius 2 is 2.00 bits per heavy atom. The number of rotatable bonds is 2. The van der Waals surface area contributed by atoms with E-state index in [9.17, 15) is 5.26 Å². The lowest BCUT2D eigenvalue weighted by Crippen LogP contribution is -2.11. The highest BCUT2D eigenvalue weighted by Crippen LogP contribution is 2.25. The predicted molar refractivity (Wildman–Crippen MR) is 72.1 cm³/mol. The van der Waals surface area contributed by atoms with Crippen LogP contribution >= 0.6 is 0 Å². The van der Waals surface area contributed by atoms with E-state index in [0.29, 0.717) is 23.0 Å². The van der Waals surface area contributed by atoms with Crippen molar-refractivity contribution in [3.05, 3.63) is 23.1 Å². The normalized spacial score (nSPS) is 10.3. The summed E-state index contributed by atoms with van der Waals surface area (Å²) in [6.45, 7) is 3.67. The maximum atomic E-state index is 9.17. The van der Waals surface area contributed by atoms with Gasteiger partial charge in [0.15, 0.2) is 11.6 Å². The number of nitrogen functional groups attached to an aromatic ring is 1. The molecule has 0 aliphatic rings. The summed E-state index contributed by atoms with van der Waals surface area (Å²) in [5.74, 6) is 2.00. The highest BCUT2D eigenvalue weighted by atomic mass is 15.4. The number of nitriles is 1. The van der Waals surface area contributed by atoms with Gasteiger partial charge in [-0.05, 0) is 13.8 Å². The lowest BCUT2D eigenvalue weighted by molar-refractivity contribution is 0.823. The molecular formula is C12H15N7. The summed E-state index contributed by atoms with van der Waals surface area (Å²) in [4.78, 5) is 10.2. The van der Waals surface area contributed by atoms with E-state index in [1.54, 1.807) is 17.9 Å². The van der Waals surface area contributed by atoms with Gasteiger partial charge in [0, 0.05) is 25.9 Å². The highest BCUT2D eigenvalue weighted by Gasteiger charge is 2.18. The summed E-state index contributed by atoms with van der Waals surface area (Å²) in [5.41, 5.74) is 7.14. The molecule has 2 N–H and O–H groups in total. The van der Waals surface area contributed by atoms with E-state index in [1.807, 2.05) is 21.0 Å². The Morgan fingerprint density at radius 1 is 1.32 bits per heavy atom. The minimum absolute atomic E-state index is 0.281. The summed E-state index contributed by atoms with van der Waals surface area (Å²) in [5, 5.41) is 13.5. The second-order valence-electron chi connectivity index (χ2n) is 4.42. The first-order chi connectivity index (χ1) is 8.93. The fourth-order valence-corrected chi connectivity index (χ4v) is 1.82. The largest absolute Gasteiger partial charge is 0.382 e. The van der Waals surface area contributed by atoms with Crippen LogP contribution in [0.2, 0.25) is 0 Å². The van der Waals surface area contributed by atoms with E-state index in [-0.39, 0.29) is 5.82 Å². The van der Waals surface area contributed by atoms with Crippen molar-refractivity contribution in [2.24, 2.45) is 0 Å². The number of hydrogen-bond acceptors (Lipinski definition) is 6. The summed E-state index contributed by atoms with van der Waals surface area (Å²) in [7, 11) is 3.62. The minimum atomic E-state index is 0.281. The van der Waals surface area contributed by atoms with Gasteiger partial charge in [-0.25, -0.2) is 9.97 Å². The molecule has 0 bridgehead atoms. The van der Waals surface area contributed by atoms with Gasteiger partial charge in [-0.1, -0.05) is 0 Å². The molecule has 0 aliphatic carbocycles. The van der Waals surface area contributed by atoms with Crippen molar-refractivity contribution in [1.82, 2.24) is 19.7 Å². The lowest BCUT2D eigenvalue weighted by atomic mass is 10.3. The van der Waals surface area contributed by atoms with Crippen molar-refractivity contribution < 1.29 is 0 Å². The third-order valence-corrected chi connectivity index (χ3v) is 2.61. The Hall–Kier alpha value is -2.62. The fourth-order valence-electron chi connectivity index (χ4n) is 1.82. The molecule has 0 aliphatic heterocycles. The molecule has 0 atom stereocenters. The van der Waals surface area contributed by atoms with Gasteiger partial charge < -0.3 is 10.6 Å². The second kappa shape index (κ2) is 4.57. The summed E-state index contributed by atoms with van der Waals surface area (Å²) >= 11 is 0. The van der Waals surface area contributed by atoms with Gasteiger partial charge in [0.2, 0.25) is 0 Å². The van der Waals surface area contributed by atoms with E-state index < -0.39 is 0 Å². The molecule has 0 unspecified atom stereocenters. The van der Waals surface area contributed by atoms with Crippen molar-refractivity contribution >= 4 is 11.6 Å². The number of aryl methyl sites for hydroxylation is 2. The third-order valence-electron chi connectivity index (χ3n) is 2.61. The third kappa shape index (κ3) is 2.20. The van der Waals surface area contributed by atoms with Gasteiger partial charge in [-0.2, -0.15) is 9.94 Å². The molecule has 19 heavy (non-hydrogen) atoms. The zero-order valence-corrected chi connectivity index (χ0v) is 11.3. The van der Waals surface area contributed by atoms with Crippen LogP contribution in [0.5, 0.6) is 0 Å². The van der Waals surface area contributed by atoms with Crippen LogP contribution in [-0.4, -0.2) is 33.8 Å². The number of nitrogens with zero attached hydrogens (tertiary/aromatic N) is 6. The molecule has 0 saturated carbocycles. The van der Waals surface area contributed by atoms with Crippen molar-refractivity contribution in [3.8, 4) is 11.9 Å². The van der Waals surface area contributed by atoms with Gasteiger partial charge >= 0.3 is 0 Å². The van der Waals surface area contributed by atoms with Crippen LogP contribution in [0.1, 0.15) is 17.1 Å². The topological polar surface area (TPSA) is 96.7 Å². The molecule has 0 amide bonds. The van der Waals surface area contributed by atoms with E-state index in [0.717, 1.165) is 5.69 Å². The van der Waals surface area contributed by atoms with E-state index >= 15 is 0 Å². The summed E-state index contributed by atoms with van der Waals surface area (Å²) < 4.78 is 1.47. The van der Waals surface area contributed by atoms with Crippen molar-refractivity contribution in [2.75, 3.05) is 24.7 Å². The van der Waals surface area contributed by atoms with Crippen molar-refractivity contribution in [1.29, 1.82) is 5.26 Å². The van der Waals surface area contributed by atoms with Crippen LogP contribution in [0.15, 0.2) is 6.07 Å². The molecule has 2 aromatic heterocycles. The highest BCUT2D eigenvalue weighted by molar-refractivity contribution is 5.66. The van der Waals surface area contributed by atoms with Crippen LogP contribution in [0, 0.1) is 25.2 Å². The Balaban J connectivity index is 2.67. The molecule has 0 radical (unpaired) electrons. The van der Waals surface area contributed by atoms with Crippen LogP contribution in [0.25, 0.3) is 5.82 Å². The van der Waals surface area contributed by atoms with E-state index in [2.05, 4.69) is 21.1 Å².